The molecule has 0 saturated heterocycles. The number of aromatic nitrogens is 1. The maximum atomic E-state index is 6.42. The second-order valence-corrected chi connectivity index (χ2v) is 15.6. The van der Waals surface area contributed by atoms with E-state index in [1.165, 1.54) is 58.3 Å². The van der Waals surface area contributed by atoms with E-state index in [9.17, 15) is 0 Å². The lowest BCUT2D eigenvalue weighted by atomic mass is 10.0. The molecule has 12 aromatic rings. The van der Waals surface area contributed by atoms with Gasteiger partial charge in [-0.15, -0.1) is 11.3 Å². The number of benzene rings is 9. The molecule has 9 aromatic carbocycles. The van der Waals surface area contributed by atoms with Crippen LogP contribution in [0.1, 0.15) is 0 Å². The molecular formula is C52H32N2OS. The minimum absolute atomic E-state index is 0.877. The monoisotopic (exact) mass is 732 g/mol. The molecule has 0 radical (unpaired) electrons. The molecule has 0 amide bonds. The first-order valence-corrected chi connectivity index (χ1v) is 19.8. The van der Waals surface area contributed by atoms with Crippen LogP contribution < -0.4 is 4.90 Å². The SMILES string of the molecule is c1cc(-c2ccc(N(c3ccc4c(c3)oc3ccccc34)c3cccc4sc5ccccc5c34)cc2)cc(-n2c3ccccc3c3c4ccccc4ccc32)c1. The lowest BCUT2D eigenvalue weighted by Crippen LogP contribution is -2.10. The van der Waals surface area contributed by atoms with Crippen molar-refractivity contribution in [2.75, 3.05) is 4.90 Å². The van der Waals surface area contributed by atoms with Crippen molar-refractivity contribution >= 4 is 103 Å². The van der Waals surface area contributed by atoms with Gasteiger partial charge in [0.05, 0.1) is 16.7 Å². The van der Waals surface area contributed by atoms with Crippen molar-refractivity contribution in [2.24, 2.45) is 0 Å². The number of nitrogens with zero attached hydrogens (tertiary/aromatic N) is 2. The highest BCUT2D eigenvalue weighted by atomic mass is 32.1. The predicted octanol–water partition coefficient (Wildman–Crippen LogP) is 15.3. The maximum absolute atomic E-state index is 6.42. The van der Waals surface area contributed by atoms with Crippen molar-refractivity contribution in [2.45, 2.75) is 0 Å². The summed E-state index contributed by atoms with van der Waals surface area (Å²) in [7, 11) is 0. The highest BCUT2D eigenvalue weighted by Gasteiger charge is 2.20. The average Bonchev–Trinajstić information content (AvgIpc) is 3.94. The molecule has 12 rings (SSSR count). The van der Waals surface area contributed by atoms with Crippen molar-refractivity contribution in [1.29, 1.82) is 0 Å². The predicted molar refractivity (Wildman–Crippen MR) is 239 cm³/mol. The lowest BCUT2D eigenvalue weighted by molar-refractivity contribution is 0.669. The summed E-state index contributed by atoms with van der Waals surface area (Å²) >= 11 is 1.84. The Morgan fingerprint density at radius 3 is 2.04 bits per heavy atom. The fourth-order valence-corrected chi connectivity index (χ4v) is 9.99. The highest BCUT2D eigenvalue weighted by Crippen LogP contribution is 2.46. The minimum atomic E-state index is 0.877. The van der Waals surface area contributed by atoms with Crippen LogP contribution in [0.4, 0.5) is 17.1 Å². The van der Waals surface area contributed by atoms with Gasteiger partial charge < -0.3 is 13.9 Å². The summed E-state index contributed by atoms with van der Waals surface area (Å²) in [5, 5.41) is 9.88. The van der Waals surface area contributed by atoms with E-state index in [1.807, 2.05) is 23.5 Å². The highest BCUT2D eigenvalue weighted by molar-refractivity contribution is 7.26. The van der Waals surface area contributed by atoms with Gasteiger partial charge in [-0.25, -0.2) is 0 Å². The van der Waals surface area contributed by atoms with Crippen LogP contribution in [0.15, 0.2) is 199 Å². The molecule has 0 aliphatic heterocycles. The molecule has 0 fully saturated rings. The van der Waals surface area contributed by atoms with Crippen molar-refractivity contribution in [3.63, 3.8) is 0 Å². The van der Waals surface area contributed by atoms with Gasteiger partial charge in [0.1, 0.15) is 11.2 Å². The summed E-state index contributed by atoms with van der Waals surface area (Å²) in [6, 6.07) is 70.2. The third-order valence-corrected chi connectivity index (χ3v) is 12.5. The van der Waals surface area contributed by atoms with E-state index >= 15 is 0 Å². The maximum Gasteiger partial charge on any atom is 0.137 e. The van der Waals surface area contributed by atoms with Gasteiger partial charge in [-0.05, 0) is 94.7 Å². The van der Waals surface area contributed by atoms with Crippen LogP contribution in [0, 0.1) is 0 Å². The second kappa shape index (κ2) is 12.2. The van der Waals surface area contributed by atoms with Gasteiger partial charge in [0.25, 0.3) is 0 Å². The van der Waals surface area contributed by atoms with Gasteiger partial charge in [-0.2, -0.15) is 0 Å². The smallest absolute Gasteiger partial charge is 0.137 e. The van der Waals surface area contributed by atoms with Crippen molar-refractivity contribution < 1.29 is 4.42 Å². The summed E-state index contributed by atoms with van der Waals surface area (Å²) < 4.78 is 11.4. The van der Waals surface area contributed by atoms with Crippen LogP contribution in [0.2, 0.25) is 0 Å². The summed E-state index contributed by atoms with van der Waals surface area (Å²) in [5.41, 5.74) is 10.9. The molecule has 0 aliphatic carbocycles. The molecule has 0 spiro atoms. The van der Waals surface area contributed by atoms with E-state index < -0.39 is 0 Å². The molecule has 0 unspecified atom stereocenters. The first-order chi connectivity index (χ1) is 27.8. The minimum Gasteiger partial charge on any atom is -0.456 e. The third kappa shape index (κ3) is 4.70. The van der Waals surface area contributed by atoms with Crippen LogP contribution >= 0.6 is 11.3 Å². The van der Waals surface area contributed by atoms with E-state index in [4.69, 9.17) is 4.42 Å². The molecule has 0 bridgehead atoms. The normalized spacial score (nSPS) is 11.9. The molecule has 262 valence electrons. The van der Waals surface area contributed by atoms with E-state index in [-0.39, 0.29) is 0 Å². The topological polar surface area (TPSA) is 21.3 Å². The number of fused-ring (bicyclic) bond motifs is 11. The van der Waals surface area contributed by atoms with Crippen LogP contribution in [0.25, 0.3) is 91.5 Å². The first-order valence-electron chi connectivity index (χ1n) is 19.0. The zero-order chi connectivity index (χ0) is 36.7. The zero-order valence-corrected chi connectivity index (χ0v) is 31.0. The number of rotatable bonds is 5. The molecule has 3 nitrogen and oxygen atoms in total. The molecule has 0 atom stereocenters. The van der Waals surface area contributed by atoms with Gasteiger partial charge in [-0.1, -0.05) is 115 Å². The Bertz CT molecular complexity index is 3500. The molecule has 4 heteroatoms. The van der Waals surface area contributed by atoms with E-state index in [1.54, 1.807) is 0 Å². The van der Waals surface area contributed by atoms with Gasteiger partial charge in [0, 0.05) is 64.8 Å². The number of anilines is 3. The second-order valence-electron chi connectivity index (χ2n) is 14.5. The van der Waals surface area contributed by atoms with Crippen molar-refractivity contribution in [1.82, 2.24) is 4.57 Å². The number of para-hydroxylation sites is 2. The Balaban J connectivity index is 1.01. The van der Waals surface area contributed by atoms with Gasteiger partial charge in [-0.3, -0.25) is 0 Å². The van der Waals surface area contributed by atoms with E-state index in [0.29, 0.717) is 0 Å². The van der Waals surface area contributed by atoms with Crippen molar-refractivity contribution in [3.8, 4) is 16.8 Å². The quantitative estimate of drug-likeness (QED) is 0.176. The molecule has 0 N–H and O–H groups in total. The molecule has 56 heavy (non-hydrogen) atoms. The van der Waals surface area contributed by atoms with Gasteiger partial charge in [0.15, 0.2) is 0 Å². The van der Waals surface area contributed by atoms with Crippen LogP contribution in [-0.2, 0) is 0 Å². The number of hydrogen-bond acceptors (Lipinski definition) is 3. The summed E-state index contributed by atoms with van der Waals surface area (Å²) in [4.78, 5) is 2.39. The standard InChI is InChI=1S/C52H32N2OS/c1-2-14-39-34(11-1)25-30-46-51(39)42-16-3-6-18-44(42)54(46)37-13-9-12-35(31-37)33-23-26-36(27-24-33)53(38-28-29-41-40-15-4-7-20-47(40)55-48(41)32-38)45-19-10-22-50-52(45)43-17-5-8-21-49(43)56-50/h1-32H. The molecule has 0 saturated carbocycles. The average molecular weight is 733 g/mol. The first kappa shape index (κ1) is 31.2. The summed E-state index contributed by atoms with van der Waals surface area (Å²) in [6.45, 7) is 0. The Labute approximate surface area is 326 Å². The number of hydrogen-bond donors (Lipinski definition) is 0. The molecule has 0 aliphatic rings. The zero-order valence-electron chi connectivity index (χ0n) is 30.2. The van der Waals surface area contributed by atoms with Gasteiger partial charge in [0.2, 0.25) is 0 Å². The lowest BCUT2D eigenvalue weighted by Gasteiger charge is -2.26. The van der Waals surface area contributed by atoms with Gasteiger partial charge >= 0.3 is 0 Å². The molecule has 3 heterocycles. The third-order valence-electron chi connectivity index (χ3n) is 11.4. The fourth-order valence-electron chi connectivity index (χ4n) is 8.87. The fraction of sp³-hybridized carbons (Fsp3) is 0. The van der Waals surface area contributed by atoms with Crippen LogP contribution in [-0.4, -0.2) is 4.57 Å². The van der Waals surface area contributed by atoms with E-state index in [2.05, 4.69) is 191 Å². The Kier molecular flexibility index (Phi) is 6.80. The molecular weight excluding hydrogens is 701 g/mol. The largest absolute Gasteiger partial charge is 0.456 e. The summed E-state index contributed by atoms with van der Waals surface area (Å²) in [5.74, 6) is 0. The van der Waals surface area contributed by atoms with Crippen LogP contribution in [0.5, 0.6) is 0 Å². The Morgan fingerprint density at radius 1 is 0.411 bits per heavy atom. The Morgan fingerprint density at radius 2 is 1.12 bits per heavy atom. The van der Waals surface area contributed by atoms with Crippen LogP contribution in [0.3, 0.4) is 0 Å². The van der Waals surface area contributed by atoms with E-state index in [0.717, 1.165) is 50.3 Å². The molecule has 3 aromatic heterocycles. The summed E-state index contributed by atoms with van der Waals surface area (Å²) in [6.07, 6.45) is 0. The number of furan rings is 1. The number of thiophene rings is 1. The van der Waals surface area contributed by atoms with Crippen molar-refractivity contribution in [3.05, 3.63) is 194 Å². The Hall–Kier alpha value is -7.14.